The predicted molar refractivity (Wildman–Crippen MR) is 93.2 cm³/mol. The van der Waals surface area contributed by atoms with Gasteiger partial charge in [-0.05, 0) is 25.1 Å². The number of amides is 1. The number of fused-ring (bicyclic) bond motifs is 1. The molecule has 1 heterocycles. The smallest absolute Gasteiger partial charge is 0.346 e. The van der Waals surface area contributed by atoms with E-state index in [9.17, 15) is 14.9 Å². The molecule has 0 saturated carbocycles. The van der Waals surface area contributed by atoms with Crippen molar-refractivity contribution in [2.75, 3.05) is 5.32 Å². The third-order valence-electron chi connectivity index (χ3n) is 3.55. The zero-order chi connectivity index (χ0) is 17.4. The van der Waals surface area contributed by atoms with Crippen molar-refractivity contribution < 1.29 is 9.22 Å². The Morgan fingerprint density at radius 3 is 2.46 bits per heavy atom. The second-order valence-corrected chi connectivity index (χ2v) is 5.91. The summed E-state index contributed by atoms with van der Waals surface area (Å²) in [6.07, 6.45) is 0. The number of benzene rings is 2. The minimum atomic E-state index is -0.689. The summed E-state index contributed by atoms with van der Waals surface area (Å²) in [6.45, 7) is 1.39. The number of hydrogen-bond donors (Lipinski definition) is 1. The van der Waals surface area contributed by atoms with Crippen LogP contribution in [-0.4, -0.2) is 10.6 Å². The maximum atomic E-state index is 12.6. The Hall–Kier alpha value is -2.57. The first-order valence-electron chi connectivity index (χ1n) is 6.91. The van der Waals surface area contributed by atoms with Crippen LogP contribution in [0.5, 0.6) is 0 Å². The van der Waals surface area contributed by atoms with Crippen molar-refractivity contribution in [3.63, 3.8) is 0 Å². The van der Waals surface area contributed by atoms with Gasteiger partial charge >= 0.3 is 11.6 Å². The number of nitrogens with one attached hydrogen (secondary N) is 1. The average Bonchev–Trinajstić information content (AvgIpc) is 2.56. The van der Waals surface area contributed by atoms with Crippen molar-refractivity contribution in [2.24, 2.45) is 0 Å². The van der Waals surface area contributed by atoms with Crippen molar-refractivity contribution in [3.8, 4) is 0 Å². The fraction of sp³-hybridized carbons (Fsp3) is 0.0625. The summed E-state index contributed by atoms with van der Waals surface area (Å²) < 4.78 is 0.880. The van der Waals surface area contributed by atoms with E-state index in [1.54, 1.807) is 30.3 Å². The molecule has 122 valence electrons. The van der Waals surface area contributed by atoms with Crippen LogP contribution >= 0.6 is 23.2 Å². The van der Waals surface area contributed by atoms with Crippen molar-refractivity contribution >= 4 is 45.8 Å². The molecule has 1 amide bonds. The van der Waals surface area contributed by atoms with E-state index in [2.05, 4.69) is 5.32 Å². The maximum Gasteiger partial charge on any atom is 0.346 e. The van der Waals surface area contributed by atoms with Crippen LogP contribution in [0.15, 0.2) is 42.5 Å². The lowest BCUT2D eigenvalue weighted by Gasteiger charge is -2.16. The number of rotatable bonds is 2. The van der Waals surface area contributed by atoms with Gasteiger partial charge in [-0.1, -0.05) is 41.4 Å². The molecule has 24 heavy (non-hydrogen) atoms. The molecule has 1 N–H and O–H groups in total. The fourth-order valence-electron chi connectivity index (χ4n) is 2.36. The molecular formula is C16H11Cl2N3O3. The van der Waals surface area contributed by atoms with E-state index < -0.39 is 5.91 Å². The largest absolute Gasteiger partial charge is 0.805 e. The van der Waals surface area contributed by atoms with Crippen LogP contribution < -0.4 is 9.74 Å². The van der Waals surface area contributed by atoms with Crippen molar-refractivity contribution in [1.29, 1.82) is 0 Å². The maximum absolute atomic E-state index is 12.6. The van der Waals surface area contributed by atoms with Crippen LogP contribution in [0.3, 0.4) is 0 Å². The molecule has 3 rings (SSSR count). The Morgan fingerprint density at radius 1 is 1.17 bits per heavy atom. The summed E-state index contributed by atoms with van der Waals surface area (Å²) in [4.78, 5) is 25.1. The predicted octanol–water partition coefficient (Wildman–Crippen LogP) is 3.77. The molecular weight excluding hydrogens is 353 g/mol. The van der Waals surface area contributed by atoms with E-state index in [0.29, 0.717) is 14.8 Å². The van der Waals surface area contributed by atoms with Gasteiger partial charge in [0.15, 0.2) is 0 Å². The highest BCUT2D eigenvalue weighted by Crippen LogP contribution is 2.27. The topological polar surface area (TPSA) is 80.1 Å². The fourth-order valence-corrected chi connectivity index (χ4v) is 2.68. The number of anilines is 1. The third kappa shape index (κ3) is 2.70. The van der Waals surface area contributed by atoms with Gasteiger partial charge < -0.3 is 15.3 Å². The molecule has 0 saturated heterocycles. The lowest BCUT2D eigenvalue weighted by Crippen LogP contribution is -2.33. The van der Waals surface area contributed by atoms with Gasteiger partial charge in [0.2, 0.25) is 0 Å². The first-order valence-corrected chi connectivity index (χ1v) is 7.66. The third-order valence-corrected chi connectivity index (χ3v) is 4.27. The summed E-state index contributed by atoms with van der Waals surface area (Å²) in [5.41, 5.74) is 0.161. The zero-order valence-electron chi connectivity index (χ0n) is 12.4. The summed E-state index contributed by atoms with van der Waals surface area (Å²) >= 11 is 11.8. The van der Waals surface area contributed by atoms with Crippen molar-refractivity contribution in [1.82, 2.24) is 4.73 Å². The average molecular weight is 364 g/mol. The highest BCUT2D eigenvalue weighted by molar-refractivity contribution is 6.42. The minimum absolute atomic E-state index is 0.0353. The van der Waals surface area contributed by atoms with E-state index >= 15 is 0 Å². The molecule has 0 fully saturated rings. The second-order valence-electron chi connectivity index (χ2n) is 5.10. The van der Waals surface area contributed by atoms with Gasteiger partial charge in [0.05, 0.1) is 20.2 Å². The Kier molecular flexibility index (Phi) is 4.17. The minimum Gasteiger partial charge on any atom is -0.805 e. The van der Waals surface area contributed by atoms with Gasteiger partial charge in [-0.3, -0.25) is 4.79 Å². The van der Waals surface area contributed by atoms with E-state index in [0.717, 1.165) is 0 Å². The zero-order valence-corrected chi connectivity index (χ0v) is 13.9. The highest BCUT2D eigenvalue weighted by atomic mass is 35.5. The van der Waals surface area contributed by atoms with Crippen molar-refractivity contribution in [2.45, 2.75) is 6.92 Å². The first-order chi connectivity index (χ1) is 11.4. The molecule has 0 aliphatic carbocycles. The number of halogens is 2. The number of carbonyl (C=O) groups is 1. The number of nitrogens with zero attached hydrogens (tertiary/aromatic N) is 2. The molecule has 0 atom stereocenters. The molecule has 6 nitrogen and oxygen atoms in total. The van der Waals surface area contributed by atoms with Crippen molar-refractivity contribution in [3.05, 3.63) is 74.0 Å². The van der Waals surface area contributed by atoms with E-state index in [1.165, 1.54) is 19.1 Å². The van der Waals surface area contributed by atoms with Gasteiger partial charge in [0, 0.05) is 16.7 Å². The summed E-state index contributed by atoms with van der Waals surface area (Å²) in [6, 6.07) is 11.2. The molecule has 0 spiro atoms. The molecule has 0 aliphatic heterocycles. The number of aromatic nitrogens is 2. The molecule has 3 aromatic rings. The lowest BCUT2D eigenvalue weighted by molar-refractivity contribution is -0.468. The van der Waals surface area contributed by atoms with Crippen LogP contribution in [0.2, 0.25) is 10.0 Å². The first kappa shape index (κ1) is 16.3. The number of para-hydroxylation sites is 1. The van der Waals surface area contributed by atoms with Crippen LogP contribution in [0.4, 0.5) is 5.69 Å². The number of carbonyl (C=O) groups excluding carboxylic acids is 1. The van der Waals surface area contributed by atoms with Gasteiger partial charge in [-0.25, -0.2) is 0 Å². The van der Waals surface area contributed by atoms with Crippen LogP contribution in [0.25, 0.3) is 11.0 Å². The molecule has 0 unspecified atom stereocenters. The van der Waals surface area contributed by atoms with Crippen LogP contribution in [0, 0.1) is 17.0 Å². The van der Waals surface area contributed by atoms with Gasteiger partial charge in [-0.15, -0.1) is 0 Å². The summed E-state index contributed by atoms with van der Waals surface area (Å²) in [5.74, 6) is -0.689. The summed E-state index contributed by atoms with van der Waals surface area (Å²) in [7, 11) is 0. The molecule has 0 radical (unpaired) electrons. The van der Waals surface area contributed by atoms with E-state index in [4.69, 9.17) is 23.2 Å². The number of hydrogen-bond acceptors (Lipinski definition) is 3. The van der Waals surface area contributed by atoms with E-state index in [-0.39, 0.29) is 32.5 Å². The van der Waals surface area contributed by atoms with Crippen LogP contribution in [-0.2, 0) is 0 Å². The molecule has 8 heteroatoms. The quantitative estimate of drug-likeness (QED) is 0.703. The highest BCUT2D eigenvalue weighted by Gasteiger charge is 2.27. The Balaban J connectivity index is 2.20. The van der Waals surface area contributed by atoms with E-state index in [1.807, 2.05) is 0 Å². The Bertz CT molecular complexity index is 1020. The van der Waals surface area contributed by atoms with Gasteiger partial charge in [0.1, 0.15) is 5.52 Å². The molecule has 0 aliphatic rings. The Labute approximate surface area is 146 Å². The van der Waals surface area contributed by atoms with Gasteiger partial charge in [0.25, 0.3) is 5.52 Å². The standard InChI is InChI=1S/C16H11Cl2N3O3/c1-9-15(16(22)19-10-5-3-2-4-6-10)21(24)14-8-12(18)11(17)7-13(14)20(9)23/h2-8H,1H3,(H,19,22). The SMILES string of the molecule is Cc1c(C(=O)Nc2ccccc2)[n+](=O)c2cc(Cl)c(Cl)cc2n1[O-]. The lowest BCUT2D eigenvalue weighted by atomic mass is 10.2. The monoisotopic (exact) mass is 363 g/mol. The summed E-state index contributed by atoms with van der Waals surface area (Å²) in [5, 5.41) is 15.3. The normalized spacial score (nSPS) is 10.8. The second kappa shape index (κ2) is 6.14. The molecule has 0 bridgehead atoms. The van der Waals surface area contributed by atoms with Gasteiger partial charge in [-0.2, -0.15) is 0 Å². The Morgan fingerprint density at radius 2 is 1.79 bits per heavy atom. The molecule has 2 aromatic carbocycles. The molecule has 1 aromatic heterocycles. The van der Waals surface area contributed by atoms with Crippen LogP contribution in [0.1, 0.15) is 16.2 Å².